The zero-order valence-corrected chi connectivity index (χ0v) is 7.86. The molecule has 0 fully saturated rings. The van der Waals surface area contributed by atoms with Gasteiger partial charge in [0.1, 0.15) is 5.75 Å². The summed E-state index contributed by atoms with van der Waals surface area (Å²) >= 11 is 0. The van der Waals surface area contributed by atoms with Crippen molar-refractivity contribution < 1.29 is 5.11 Å². The molecule has 1 heterocycles. The maximum Gasteiger partial charge on any atom is 0.141 e. The number of fused-ring (bicyclic) bond motifs is 1. The quantitative estimate of drug-likeness (QED) is 0.667. The fraction of sp³-hybridized carbons (Fsp3) is 0.182. The molecule has 1 aromatic carbocycles. The van der Waals surface area contributed by atoms with Crippen molar-refractivity contribution in [3.05, 3.63) is 36.7 Å². The molecule has 0 spiro atoms. The van der Waals surface area contributed by atoms with Crippen molar-refractivity contribution in [2.45, 2.75) is 13.8 Å². The molecule has 0 saturated carbocycles. The van der Waals surface area contributed by atoms with Crippen LogP contribution in [0.5, 0.6) is 5.75 Å². The van der Waals surface area contributed by atoms with E-state index in [0.717, 1.165) is 10.8 Å². The van der Waals surface area contributed by atoms with Crippen LogP contribution in [0.4, 0.5) is 0 Å². The van der Waals surface area contributed by atoms with Gasteiger partial charge in [0, 0.05) is 17.0 Å². The fourth-order valence-electron chi connectivity index (χ4n) is 1.10. The average molecular weight is 175 g/mol. The molecular formula is C11H13NO. The van der Waals surface area contributed by atoms with Gasteiger partial charge in [-0.05, 0) is 0 Å². The van der Waals surface area contributed by atoms with Crippen LogP contribution in [0, 0.1) is 0 Å². The average Bonchev–Trinajstić information content (AvgIpc) is 2.22. The van der Waals surface area contributed by atoms with Crippen molar-refractivity contribution >= 4 is 10.8 Å². The molecule has 0 aliphatic heterocycles. The molecule has 2 rings (SSSR count). The van der Waals surface area contributed by atoms with E-state index in [1.165, 1.54) is 6.20 Å². The molecule has 13 heavy (non-hydrogen) atoms. The van der Waals surface area contributed by atoms with Crippen LogP contribution in [-0.4, -0.2) is 10.1 Å². The van der Waals surface area contributed by atoms with Crippen LogP contribution in [-0.2, 0) is 0 Å². The molecule has 1 aromatic heterocycles. The Hall–Kier alpha value is -1.57. The van der Waals surface area contributed by atoms with Crippen molar-refractivity contribution in [1.82, 2.24) is 4.98 Å². The van der Waals surface area contributed by atoms with Gasteiger partial charge in [-0.2, -0.15) is 0 Å². The minimum absolute atomic E-state index is 0.239. The first-order valence-electron chi connectivity index (χ1n) is 4.39. The van der Waals surface area contributed by atoms with Crippen molar-refractivity contribution in [3.8, 4) is 5.75 Å². The van der Waals surface area contributed by atoms with Crippen molar-refractivity contribution in [1.29, 1.82) is 0 Å². The zero-order chi connectivity index (χ0) is 9.68. The summed E-state index contributed by atoms with van der Waals surface area (Å²) in [4.78, 5) is 3.86. The molecule has 0 radical (unpaired) electrons. The van der Waals surface area contributed by atoms with Gasteiger partial charge in [0.25, 0.3) is 0 Å². The first-order chi connectivity index (χ1) is 6.38. The summed E-state index contributed by atoms with van der Waals surface area (Å²) in [6.07, 6.45) is 3.18. The molecule has 0 amide bonds. The van der Waals surface area contributed by atoms with Crippen molar-refractivity contribution in [2.75, 3.05) is 0 Å². The summed E-state index contributed by atoms with van der Waals surface area (Å²) in [5, 5.41) is 11.1. The summed E-state index contributed by atoms with van der Waals surface area (Å²) in [5.74, 6) is 0.239. The van der Waals surface area contributed by atoms with E-state index in [0.29, 0.717) is 0 Å². The van der Waals surface area contributed by atoms with Gasteiger partial charge in [-0.25, -0.2) is 0 Å². The van der Waals surface area contributed by atoms with Crippen LogP contribution in [0.1, 0.15) is 13.8 Å². The number of hydrogen-bond acceptors (Lipinski definition) is 2. The number of hydrogen-bond donors (Lipinski definition) is 1. The summed E-state index contributed by atoms with van der Waals surface area (Å²) in [6, 6.07) is 7.60. The van der Waals surface area contributed by atoms with E-state index >= 15 is 0 Å². The maximum absolute atomic E-state index is 9.31. The lowest BCUT2D eigenvalue weighted by molar-refractivity contribution is 0.479. The number of rotatable bonds is 0. The summed E-state index contributed by atoms with van der Waals surface area (Å²) in [5.41, 5.74) is 0. The monoisotopic (exact) mass is 175 g/mol. The maximum atomic E-state index is 9.31. The third-order valence-corrected chi connectivity index (χ3v) is 1.65. The largest absolute Gasteiger partial charge is 0.506 e. The van der Waals surface area contributed by atoms with Crippen LogP contribution < -0.4 is 0 Å². The van der Waals surface area contributed by atoms with Gasteiger partial charge in [0.2, 0.25) is 0 Å². The van der Waals surface area contributed by atoms with E-state index in [2.05, 4.69) is 4.98 Å². The van der Waals surface area contributed by atoms with Crippen molar-refractivity contribution in [3.63, 3.8) is 0 Å². The first-order valence-corrected chi connectivity index (χ1v) is 4.39. The SMILES string of the molecule is CC.Oc1cncc2ccccc12. The molecular weight excluding hydrogens is 162 g/mol. The highest BCUT2D eigenvalue weighted by Crippen LogP contribution is 2.21. The van der Waals surface area contributed by atoms with Gasteiger partial charge in [0.05, 0.1) is 6.20 Å². The van der Waals surface area contributed by atoms with Crippen molar-refractivity contribution in [2.24, 2.45) is 0 Å². The second-order valence-corrected chi connectivity index (χ2v) is 2.38. The second-order valence-electron chi connectivity index (χ2n) is 2.38. The Balaban J connectivity index is 0.000000396. The predicted octanol–water partition coefficient (Wildman–Crippen LogP) is 2.97. The van der Waals surface area contributed by atoms with E-state index in [9.17, 15) is 5.11 Å². The molecule has 0 atom stereocenters. The predicted molar refractivity (Wildman–Crippen MR) is 54.8 cm³/mol. The molecule has 0 saturated heterocycles. The van der Waals surface area contributed by atoms with Crippen LogP contribution in [0.2, 0.25) is 0 Å². The molecule has 1 N–H and O–H groups in total. The lowest BCUT2D eigenvalue weighted by Crippen LogP contribution is -1.74. The minimum atomic E-state index is 0.239. The number of aromatic nitrogens is 1. The van der Waals surface area contributed by atoms with Gasteiger partial charge >= 0.3 is 0 Å². The van der Waals surface area contributed by atoms with Gasteiger partial charge in [-0.15, -0.1) is 0 Å². The summed E-state index contributed by atoms with van der Waals surface area (Å²) in [6.45, 7) is 4.00. The smallest absolute Gasteiger partial charge is 0.141 e. The Labute approximate surface area is 77.9 Å². The molecule has 2 nitrogen and oxygen atoms in total. The molecule has 68 valence electrons. The normalized spacial score (nSPS) is 9.08. The van der Waals surface area contributed by atoms with E-state index in [-0.39, 0.29) is 5.75 Å². The van der Waals surface area contributed by atoms with Gasteiger partial charge in [-0.3, -0.25) is 4.98 Å². The molecule has 0 bridgehead atoms. The highest BCUT2D eigenvalue weighted by Gasteiger charge is 1.95. The number of pyridine rings is 1. The lowest BCUT2D eigenvalue weighted by Gasteiger charge is -1.96. The van der Waals surface area contributed by atoms with E-state index in [1.807, 2.05) is 38.1 Å². The van der Waals surface area contributed by atoms with Gasteiger partial charge < -0.3 is 5.11 Å². The minimum Gasteiger partial charge on any atom is -0.506 e. The second kappa shape index (κ2) is 4.45. The first kappa shape index (κ1) is 9.52. The molecule has 2 heteroatoms. The van der Waals surface area contributed by atoms with Crippen LogP contribution >= 0.6 is 0 Å². The van der Waals surface area contributed by atoms with E-state index in [1.54, 1.807) is 6.20 Å². The lowest BCUT2D eigenvalue weighted by atomic mass is 10.2. The fourth-order valence-corrected chi connectivity index (χ4v) is 1.10. The zero-order valence-electron chi connectivity index (χ0n) is 7.86. The highest BCUT2D eigenvalue weighted by atomic mass is 16.3. The summed E-state index contributed by atoms with van der Waals surface area (Å²) in [7, 11) is 0. The number of aromatic hydroxyl groups is 1. The Morgan fingerprint density at radius 2 is 1.77 bits per heavy atom. The molecule has 0 aliphatic rings. The van der Waals surface area contributed by atoms with Crippen LogP contribution in [0.15, 0.2) is 36.7 Å². The number of benzene rings is 1. The number of nitrogens with zero attached hydrogens (tertiary/aromatic N) is 1. The van der Waals surface area contributed by atoms with Crippen LogP contribution in [0.3, 0.4) is 0 Å². The molecule has 0 unspecified atom stereocenters. The Kier molecular flexibility index (Phi) is 3.26. The van der Waals surface area contributed by atoms with Gasteiger partial charge in [-0.1, -0.05) is 38.1 Å². The van der Waals surface area contributed by atoms with Gasteiger partial charge in [0.15, 0.2) is 0 Å². The standard InChI is InChI=1S/C9H7NO.C2H6/c11-9-6-10-5-7-3-1-2-4-8(7)9;1-2/h1-6,11H;1-2H3. The van der Waals surface area contributed by atoms with E-state index in [4.69, 9.17) is 0 Å². The third-order valence-electron chi connectivity index (χ3n) is 1.65. The molecule has 0 aliphatic carbocycles. The topological polar surface area (TPSA) is 33.1 Å². The van der Waals surface area contributed by atoms with Crippen LogP contribution in [0.25, 0.3) is 10.8 Å². The Morgan fingerprint density at radius 1 is 1.08 bits per heavy atom. The highest BCUT2D eigenvalue weighted by molar-refractivity contribution is 5.86. The molecule has 2 aromatic rings. The Bertz CT molecular complexity index is 379. The Morgan fingerprint density at radius 3 is 2.46 bits per heavy atom. The summed E-state index contributed by atoms with van der Waals surface area (Å²) < 4.78 is 0. The third kappa shape index (κ3) is 1.96. The van der Waals surface area contributed by atoms with E-state index < -0.39 is 0 Å².